The minimum absolute atomic E-state index is 0.608. The second kappa shape index (κ2) is 4.48. The molecule has 100 valence electrons. The maximum atomic E-state index is 5.95. The van der Waals surface area contributed by atoms with Crippen molar-refractivity contribution in [2.24, 2.45) is 11.8 Å². The highest BCUT2D eigenvalue weighted by Crippen LogP contribution is 2.51. The molecular formula is C15H18ClN3. The number of hydrogen-bond donors (Lipinski definition) is 0. The molecule has 0 spiro atoms. The zero-order chi connectivity index (χ0) is 12.8. The summed E-state index contributed by atoms with van der Waals surface area (Å²) in [6.07, 6.45) is 8.22. The van der Waals surface area contributed by atoms with E-state index in [2.05, 4.69) is 15.6 Å². The van der Waals surface area contributed by atoms with Gasteiger partial charge in [-0.15, -0.1) is 11.6 Å². The Hall–Kier alpha value is -1.09. The van der Waals surface area contributed by atoms with Crippen molar-refractivity contribution >= 4 is 22.8 Å². The van der Waals surface area contributed by atoms with Gasteiger partial charge in [-0.25, -0.2) is 9.97 Å². The molecule has 2 bridgehead atoms. The smallest absolute Gasteiger partial charge is 0.160 e. The summed E-state index contributed by atoms with van der Waals surface area (Å²) in [4.78, 5) is 9.32. The van der Waals surface area contributed by atoms with Crippen molar-refractivity contribution in [1.82, 2.24) is 14.5 Å². The van der Waals surface area contributed by atoms with E-state index in [-0.39, 0.29) is 0 Å². The lowest BCUT2D eigenvalue weighted by Crippen LogP contribution is -2.19. The van der Waals surface area contributed by atoms with Crippen LogP contribution in [0.3, 0.4) is 0 Å². The van der Waals surface area contributed by atoms with Crippen LogP contribution in [-0.2, 0) is 6.42 Å². The van der Waals surface area contributed by atoms with Gasteiger partial charge in [0.2, 0.25) is 0 Å². The van der Waals surface area contributed by atoms with Crippen LogP contribution in [0.4, 0.5) is 0 Å². The molecule has 0 aromatic carbocycles. The number of aromatic nitrogens is 3. The van der Waals surface area contributed by atoms with E-state index in [1.807, 2.05) is 12.3 Å². The summed E-state index contributed by atoms with van der Waals surface area (Å²) < 4.78 is 2.40. The molecule has 4 rings (SSSR count). The highest BCUT2D eigenvalue weighted by Gasteiger charge is 2.41. The van der Waals surface area contributed by atoms with Crippen molar-refractivity contribution in [3.63, 3.8) is 0 Å². The Morgan fingerprint density at radius 2 is 2.26 bits per heavy atom. The van der Waals surface area contributed by atoms with Gasteiger partial charge in [-0.05, 0) is 43.2 Å². The number of nitrogens with zero attached hydrogens (tertiary/aromatic N) is 3. The third kappa shape index (κ3) is 1.78. The van der Waals surface area contributed by atoms with E-state index in [1.165, 1.54) is 25.7 Å². The van der Waals surface area contributed by atoms with Gasteiger partial charge >= 0.3 is 0 Å². The molecule has 0 radical (unpaired) electrons. The van der Waals surface area contributed by atoms with Crippen LogP contribution in [0, 0.1) is 11.8 Å². The number of alkyl halides is 1. The maximum Gasteiger partial charge on any atom is 0.160 e. The van der Waals surface area contributed by atoms with Crippen LogP contribution in [0.5, 0.6) is 0 Å². The largest absolute Gasteiger partial charge is 0.309 e. The molecule has 3 unspecified atom stereocenters. The molecule has 2 fully saturated rings. The number of pyridine rings is 1. The van der Waals surface area contributed by atoms with Crippen molar-refractivity contribution in [2.75, 3.05) is 5.88 Å². The van der Waals surface area contributed by atoms with Crippen LogP contribution in [0.15, 0.2) is 18.3 Å². The van der Waals surface area contributed by atoms with Crippen molar-refractivity contribution in [2.45, 2.75) is 38.1 Å². The average molecular weight is 276 g/mol. The van der Waals surface area contributed by atoms with Crippen LogP contribution in [0.2, 0.25) is 0 Å². The van der Waals surface area contributed by atoms with Gasteiger partial charge in [0.25, 0.3) is 0 Å². The lowest BCUT2D eigenvalue weighted by atomic mass is 9.95. The van der Waals surface area contributed by atoms with E-state index in [0.29, 0.717) is 11.9 Å². The summed E-state index contributed by atoms with van der Waals surface area (Å²) in [5, 5.41) is 0. The fourth-order valence-corrected chi connectivity index (χ4v) is 4.28. The van der Waals surface area contributed by atoms with Gasteiger partial charge in [-0.2, -0.15) is 0 Å². The van der Waals surface area contributed by atoms with Gasteiger partial charge in [0.05, 0.1) is 0 Å². The minimum Gasteiger partial charge on any atom is -0.309 e. The van der Waals surface area contributed by atoms with Crippen LogP contribution in [-0.4, -0.2) is 20.4 Å². The number of imidazole rings is 1. The molecule has 3 atom stereocenters. The van der Waals surface area contributed by atoms with Crippen LogP contribution < -0.4 is 0 Å². The molecule has 2 aromatic heterocycles. The number of halogens is 1. The second-order valence-corrected chi connectivity index (χ2v) is 6.30. The first-order chi connectivity index (χ1) is 9.36. The quantitative estimate of drug-likeness (QED) is 0.802. The van der Waals surface area contributed by atoms with Gasteiger partial charge in [-0.1, -0.05) is 6.42 Å². The Balaban J connectivity index is 1.84. The standard InChI is InChI=1S/C15H18ClN3/c16-6-5-14-18-12-2-1-7-17-15(12)19(14)13-9-10-3-4-11(13)8-10/h1-2,7,10-11,13H,3-6,8-9H2. The fraction of sp³-hybridized carbons (Fsp3) is 0.600. The van der Waals surface area contributed by atoms with E-state index in [9.17, 15) is 0 Å². The molecule has 2 aliphatic rings. The average Bonchev–Trinajstić information content (AvgIpc) is 3.11. The highest BCUT2D eigenvalue weighted by molar-refractivity contribution is 6.17. The van der Waals surface area contributed by atoms with Crippen molar-refractivity contribution in [3.8, 4) is 0 Å². The molecule has 19 heavy (non-hydrogen) atoms. The number of hydrogen-bond acceptors (Lipinski definition) is 2. The van der Waals surface area contributed by atoms with Crippen LogP contribution in [0.1, 0.15) is 37.5 Å². The molecule has 2 heterocycles. The molecule has 0 saturated heterocycles. The predicted octanol–water partition coefficient (Wildman–Crippen LogP) is 3.57. The topological polar surface area (TPSA) is 30.7 Å². The van der Waals surface area contributed by atoms with Crippen molar-refractivity contribution < 1.29 is 0 Å². The SMILES string of the molecule is ClCCc1nc2cccnc2n1C1CC2CCC1C2. The summed E-state index contributed by atoms with van der Waals surface area (Å²) in [7, 11) is 0. The summed E-state index contributed by atoms with van der Waals surface area (Å²) in [5.41, 5.74) is 2.07. The van der Waals surface area contributed by atoms with E-state index in [1.54, 1.807) is 0 Å². The van der Waals surface area contributed by atoms with Crippen molar-refractivity contribution in [1.29, 1.82) is 0 Å². The van der Waals surface area contributed by atoms with Gasteiger partial charge in [0.1, 0.15) is 11.3 Å². The second-order valence-electron chi connectivity index (χ2n) is 5.93. The molecule has 3 nitrogen and oxygen atoms in total. The summed E-state index contributed by atoms with van der Waals surface area (Å²) in [6.45, 7) is 0. The van der Waals surface area contributed by atoms with Gasteiger partial charge in [-0.3, -0.25) is 0 Å². The molecule has 2 saturated carbocycles. The molecule has 4 heteroatoms. The maximum absolute atomic E-state index is 5.95. The molecule has 2 aromatic rings. The first kappa shape index (κ1) is 11.7. The van der Waals surface area contributed by atoms with Gasteiger partial charge in [0, 0.05) is 24.5 Å². The monoisotopic (exact) mass is 275 g/mol. The Kier molecular flexibility index (Phi) is 2.76. The number of aryl methyl sites for hydroxylation is 1. The minimum atomic E-state index is 0.608. The van der Waals surface area contributed by atoms with E-state index in [4.69, 9.17) is 16.6 Å². The van der Waals surface area contributed by atoms with E-state index in [0.717, 1.165) is 35.2 Å². The lowest BCUT2D eigenvalue weighted by molar-refractivity contribution is 0.328. The number of fused-ring (bicyclic) bond motifs is 3. The third-order valence-corrected chi connectivity index (χ3v) is 5.06. The predicted molar refractivity (Wildman–Crippen MR) is 76.4 cm³/mol. The third-order valence-electron chi connectivity index (χ3n) is 4.87. The molecule has 0 N–H and O–H groups in total. The normalized spacial score (nSPS) is 29.4. The molecule has 2 aliphatic carbocycles. The fourth-order valence-electron chi connectivity index (χ4n) is 4.11. The van der Waals surface area contributed by atoms with Crippen LogP contribution in [0.25, 0.3) is 11.2 Å². The first-order valence-corrected chi connectivity index (χ1v) is 7.78. The Morgan fingerprint density at radius 3 is 3.00 bits per heavy atom. The van der Waals surface area contributed by atoms with Gasteiger partial charge < -0.3 is 4.57 Å². The van der Waals surface area contributed by atoms with Crippen LogP contribution >= 0.6 is 11.6 Å². The summed E-state index contributed by atoms with van der Waals surface area (Å²) in [5.74, 6) is 3.52. The van der Waals surface area contributed by atoms with E-state index >= 15 is 0 Å². The van der Waals surface area contributed by atoms with Gasteiger partial charge in [0.15, 0.2) is 5.65 Å². The number of rotatable bonds is 3. The summed E-state index contributed by atoms with van der Waals surface area (Å²) >= 11 is 5.95. The highest BCUT2D eigenvalue weighted by atomic mass is 35.5. The molecule has 0 amide bonds. The Labute approximate surface area is 118 Å². The zero-order valence-electron chi connectivity index (χ0n) is 10.9. The lowest BCUT2D eigenvalue weighted by Gasteiger charge is -2.25. The first-order valence-electron chi connectivity index (χ1n) is 7.24. The van der Waals surface area contributed by atoms with Crippen molar-refractivity contribution in [3.05, 3.63) is 24.2 Å². The Bertz CT molecular complexity index is 606. The summed E-state index contributed by atoms with van der Waals surface area (Å²) in [6, 6.07) is 4.63. The molecule has 0 aliphatic heterocycles. The molecular weight excluding hydrogens is 258 g/mol. The zero-order valence-corrected chi connectivity index (χ0v) is 11.7. The van der Waals surface area contributed by atoms with E-state index < -0.39 is 0 Å². The Morgan fingerprint density at radius 1 is 1.32 bits per heavy atom.